The highest BCUT2D eigenvalue weighted by molar-refractivity contribution is 5.98. The highest BCUT2D eigenvalue weighted by Crippen LogP contribution is 2.22. The number of carbonyl (C=O) groups excluding carboxylic acids is 1. The highest BCUT2D eigenvalue weighted by Gasteiger charge is 2.15. The third kappa shape index (κ3) is 4.00. The Bertz CT molecular complexity index is 1290. The van der Waals surface area contributed by atoms with Gasteiger partial charge in [-0.15, -0.1) is 0 Å². The Hall–Kier alpha value is -3.19. The number of hydrogen-bond acceptors (Lipinski definition) is 4. The first kappa shape index (κ1) is 20.7. The molecule has 1 aromatic carbocycles. The number of benzene rings is 1. The molecule has 1 saturated heterocycles. The molecular formula is C25H30N6O. The van der Waals surface area contributed by atoms with Crippen molar-refractivity contribution in [1.29, 1.82) is 0 Å². The van der Waals surface area contributed by atoms with E-state index in [4.69, 9.17) is 9.97 Å². The smallest absolute Gasteiger partial charge is 0.267 e. The fourth-order valence-electron chi connectivity index (χ4n) is 4.72. The van der Waals surface area contributed by atoms with Crippen molar-refractivity contribution in [2.45, 2.75) is 40.2 Å². The average Bonchev–Trinajstić information content (AvgIpc) is 3.48. The van der Waals surface area contributed by atoms with Crippen molar-refractivity contribution in [3.63, 3.8) is 0 Å². The van der Waals surface area contributed by atoms with Crippen molar-refractivity contribution in [3.8, 4) is 0 Å². The van der Waals surface area contributed by atoms with Crippen LogP contribution in [0.2, 0.25) is 0 Å². The van der Waals surface area contributed by atoms with Crippen LogP contribution >= 0.6 is 0 Å². The first-order chi connectivity index (χ1) is 15.5. The number of nitrogens with one attached hydrogen (secondary N) is 2. The largest absolute Gasteiger partial charge is 0.351 e. The molecule has 0 spiro atoms. The zero-order chi connectivity index (χ0) is 22.2. The number of rotatable bonds is 6. The molecule has 0 atom stereocenters. The molecule has 4 heterocycles. The minimum Gasteiger partial charge on any atom is -0.351 e. The van der Waals surface area contributed by atoms with Crippen LogP contribution in [0.25, 0.3) is 22.1 Å². The maximum Gasteiger partial charge on any atom is 0.267 e. The second-order valence-corrected chi connectivity index (χ2v) is 8.91. The predicted octanol–water partition coefficient (Wildman–Crippen LogP) is 3.71. The molecule has 3 aromatic heterocycles. The van der Waals surface area contributed by atoms with Crippen LogP contribution in [-0.2, 0) is 6.54 Å². The quantitative estimate of drug-likeness (QED) is 0.489. The molecule has 0 saturated carbocycles. The first-order valence-corrected chi connectivity index (χ1v) is 11.4. The fraction of sp³-hybridized carbons (Fsp3) is 0.400. The Labute approximate surface area is 187 Å². The third-order valence-corrected chi connectivity index (χ3v) is 6.40. The summed E-state index contributed by atoms with van der Waals surface area (Å²) in [4.78, 5) is 27.7. The molecule has 7 nitrogen and oxygen atoms in total. The van der Waals surface area contributed by atoms with E-state index in [9.17, 15) is 4.79 Å². The Morgan fingerprint density at radius 3 is 2.72 bits per heavy atom. The molecule has 5 rings (SSSR count). The van der Waals surface area contributed by atoms with Crippen LogP contribution < -0.4 is 5.32 Å². The van der Waals surface area contributed by atoms with Crippen LogP contribution in [0.4, 0.5) is 0 Å². The Morgan fingerprint density at radius 2 is 1.91 bits per heavy atom. The van der Waals surface area contributed by atoms with E-state index < -0.39 is 0 Å². The van der Waals surface area contributed by atoms with E-state index >= 15 is 0 Å². The molecule has 2 N–H and O–H groups in total. The number of hydrogen-bond donors (Lipinski definition) is 2. The van der Waals surface area contributed by atoms with Crippen LogP contribution in [0.5, 0.6) is 0 Å². The number of aromatic nitrogens is 4. The normalized spacial score (nSPS) is 14.6. The van der Waals surface area contributed by atoms with Crippen molar-refractivity contribution < 1.29 is 4.79 Å². The third-order valence-electron chi connectivity index (χ3n) is 6.40. The lowest BCUT2D eigenvalue weighted by atomic mass is 10.1. The number of aryl methyl sites for hydroxylation is 3. The summed E-state index contributed by atoms with van der Waals surface area (Å²) in [5.41, 5.74) is 6.76. The van der Waals surface area contributed by atoms with Gasteiger partial charge in [0.1, 0.15) is 17.0 Å². The van der Waals surface area contributed by atoms with Crippen molar-refractivity contribution in [2.24, 2.45) is 0 Å². The number of likely N-dealkylation sites (tertiary alicyclic amines) is 1. The molecule has 1 aliphatic heterocycles. The lowest BCUT2D eigenvalue weighted by Crippen LogP contribution is -2.33. The van der Waals surface area contributed by atoms with Gasteiger partial charge >= 0.3 is 0 Å². The molecule has 1 fully saturated rings. The summed E-state index contributed by atoms with van der Waals surface area (Å²) in [6.07, 6.45) is 2.53. The molecule has 32 heavy (non-hydrogen) atoms. The van der Waals surface area contributed by atoms with E-state index in [1.807, 2.05) is 26.0 Å². The standard InChI is InChI=1S/C25H30N6O/c1-16-12-17(2)27-24-23(16)28-18(3)31(24)15-19-6-7-21-20(13-19)14-22(29-21)25(32)26-8-11-30-9-4-5-10-30/h6-7,12-14,29H,4-5,8-11,15H2,1-3H3,(H,26,32). The summed E-state index contributed by atoms with van der Waals surface area (Å²) >= 11 is 0. The van der Waals surface area contributed by atoms with E-state index in [-0.39, 0.29) is 5.91 Å². The first-order valence-electron chi connectivity index (χ1n) is 11.4. The van der Waals surface area contributed by atoms with E-state index in [1.54, 1.807) is 0 Å². The minimum atomic E-state index is -0.0476. The van der Waals surface area contributed by atoms with E-state index in [1.165, 1.54) is 12.8 Å². The van der Waals surface area contributed by atoms with E-state index in [2.05, 4.69) is 44.9 Å². The summed E-state index contributed by atoms with van der Waals surface area (Å²) in [5.74, 6) is 0.905. The van der Waals surface area contributed by atoms with Gasteiger partial charge in [-0.3, -0.25) is 4.79 Å². The number of pyridine rings is 1. The monoisotopic (exact) mass is 430 g/mol. The SMILES string of the molecule is Cc1cc(C)c2nc(C)n(Cc3ccc4[nH]c(C(=O)NCCN5CCCC5)cc4c3)c2n1. The van der Waals surface area contributed by atoms with Gasteiger partial charge in [-0.25, -0.2) is 9.97 Å². The Morgan fingerprint density at radius 1 is 1.09 bits per heavy atom. The molecule has 0 bridgehead atoms. The molecule has 166 valence electrons. The van der Waals surface area contributed by atoms with Crippen LogP contribution in [0.3, 0.4) is 0 Å². The second-order valence-electron chi connectivity index (χ2n) is 8.91. The van der Waals surface area contributed by atoms with E-state index in [0.717, 1.165) is 64.3 Å². The van der Waals surface area contributed by atoms with Gasteiger partial charge in [0.25, 0.3) is 5.91 Å². The van der Waals surface area contributed by atoms with Crippen LogP contribution in [0.15, 0.2) is 30.3 Å². The molecular weight excluding hydrogens is 400 g/mol. The highest BCUT2D eigenvalue weighted by atomic mass is 16.1. The van der Waals surface area contributed by atoms with Gasteiger partial charge in [0.05, 0.1) is 6.54 Å². The number of carbonyl (C=O) groups is 1. The summed E-state index contributed by atoms with van der Waals surface area (Å²) in [5, 5.41) is 4.08. The topological polar surface area (TPSA) is 78.8 Å². The molecule has 7 heteroatoms. The predicted molar refractivity (Wildman–Crippen MR) is 127 cm³/mol. The van der Waals surface area contributed by atoms with Crippen molar-refractivity contribution in [3.05, 3.63) is 58.7 Å². The van der Waals surface area contributed by atoms with Gasteiger partial charge in [-0.2, -0.15) is 0 Å². The molecule has 4 aromatic rings. The number of imidazole rings is 1. The van der Waals surface area contributed by atoms with Crippen LogP contribution in [0.1, 0.15) is 46.0 Å². The van der Waals surface area contributed by atoms with Crippen molar-refractivity contribution in [2.75, 3.05) is 26.2 Å². The van der Waals surface area contributed by atoms with Crippen LogP contribution in [-0.4, -0.2) is 56.5 Å². The van der Waals surface area contributed by atoms with Gasteiger partial charge in [-0.05, 0) is 82.1 Å². The van der Waals surface area contributed by atoms with E-state index in [0.29, 0.717) is 18.8 Å². The molecule has 1 aliphatic rings. The summed E-state index contributed by atoms with van der Waals surface area (Å²) in [6, 6.07) is 10.3. The summed E-state index contributed by atoms with van der Waals surface area (Å²) in [6.45, 7) is 10.7. The average molecular weight is 431 g/mol. The van der Waals surface area contributed by atoms with Crippen LogP contribution in [0, 0.1) is 20.8 Å². The van der Waals surface area contributed by atoms with Gasteiger partial charge in [0.15, 0.2) is 5.65 Å². The zero-order valence-electron chi connectivity index (χ0n) is 19.0. The lowest BCUT2D eigenvalue weighted by Gasteiger charge is -2.14. The van der Waals surface area contributed by atoms with Gasteiger partial charge in [0.2, 0.25) is 0 Å². The maximum absolute atomic E-state index is 12.6. The second kappa shape index (κ2) is 8.39. The Balaban J connectivity index is 1.34. The fourth-order valence-corrected chi connectivity index (χ4v) is 4.72. The van der Waals surface area contributed by atoms with Crippen molar-refractivity contribution in [1.82, 2.24) is 29.7 Å². The van der Waals surface area contributed by atoms with Gasteiger partial charge < -0.3 is 19.8 Å². The van der Waals surface area contributed by atoms with Crippen molar-refractivity contribution >= 4 is 28.0 Å². The molecule has 1 amide bonds. The van der Waals surface area contributed by atoms with Gasteiger partial charge in [0, 0.05) is 29.7 Å². The number of aromatic amines is 1. The molecule has 0 aliphatic carbocycles. The number of amides is 1. The Kier molecular flexibility index (Phi) is 5.43. The van der Waals surface area contributed by atoms with Gasteiger partial charge in [-0.1, -0.05) is 6.07 Å². The summed E-state index contributed by atoms with van der Waals surface area (Å²) in [7, 11) is 0. The minimum absolute atomic E-state index is 0.0476. The number of nitrogens with zero attached hydrogens (tertiary/aromatic N) is 4. The number of fused-ring (bicyclic) bond motifs is 2. The molecule has 0 unspecified atom stereocenters. The lowest BCUT2D eigenvalue weighted by molar-refractivity contribution is 0.0945. The molecule has 0 radical (unpaired) electrons. The maximum atomic E-state index is 12.6. The number of H-pyrrole nitrogens is 1. The summed E-state index contributed by atoms with van der Waals surface area (Å²) < 4.78 is 2.16. The zero-order valence-corrected chi connectivity index (χ0v) is 19.0.